The summed E-state index contributed by atoms with van der Waals surface area (Å²) in [6.45, 7) is 1.90. The number of nitrogens with zero attached hydrogens (tertiary/aromatic N) is 2. The number of halogens is 1. The zero-order chi connectivity index (χ0) is 17.6. The number of carbonyl (C=O) groups is 1. The fourth-order valence-electron chi connectivity index (χ4n) is 2.64. The van der Waals surface area contributed by atoms with E-state index >= 15 is 0 Å². The van der Waals surface area contributed by atoms with Crippen LogP contribution in [0.4, 0.5) is 5.69 Å². The summed E-state index contributed by atoms with van der Waals surface area (Å²) in [6.07, 6.45) is 1.39. The van der Waals surface area contributed by atoms with E-state index in [1.54, 1.807) is 36.4 Å². The van der Waals surface area contributed by atoms with Gasteiger partial charge in [-0.15, -0.1) is 0 Å². The minimum absolute atomic E-state index is 0.138. The number of rotatable bonds is 2. The van der Waals surface area contributed by atoms with Crippen LogP contribution in [0.3, 0.4) is 0 Å². The van der Waals surface area contributed by atoms with Crippen LogP contribution in [-0.4, -0.2) is 15.3 Å². The van der Waals surface area contributed by atoms with Crippen LogP contribution in [-0.2, 0) is 0 Å². The Kier molecular flexibility index (Phi) is 3.78. The Bertz CT molecular complexity index is 1200. The van der Waals surface area contributed by atoms with E-state index in [-0.39, 0.29) is 17.2 Å². The van der Waals surface area contributed by atoms with Crippen molar-refractivity contribution in [3.05, 3.63) is 75.2 Å². The molecule has 0 unspecified atom stereocenters. The van der Waals surface area contributed by atoms with Gasteiger partial charge in [-0.25, -0.2) is 9.38 Å². The van der Waals surface area contributed by atoms with Crippen molar-refractivity contribution in [2.75, 3.05) is 5.32 Å². The van der Waals surface area contributed by atoms with E-state index < -0.39 is 0 Å². The third kappa shape index (κ3) is 2.79. The standard InChI is InChI=1S/C18H12ClN3O2S/c1-10-3-2-4-11(7-10)16(23)21-13-9-20-18-22(17(13)24)14-6-5-12(19)8-15(14)25-18/h2-9H,1H3,(H,21,23). The maximum atomic E-state index is 12.8. The van der Waals surface area contributed by atoms with E-state index in [2.05, 4.69) is 10.3 Å². The highest BCUT2D eigenvalue weighted by molar-refractivity contribution is 7.23. The number of carbonyl (C=O) groups excluding carboxylic acids is 1. The molecule has 0 aliphatic rings. The number of hydrogen-bond donors (Lipinski definition) is 1. The van der Waals surface area contributed by atoms with Crippen LogP contribution in [0.15, 0.2) is 53.5 Å². The number of thiazole rings is 1. The van der Waals surface area contributed by atoms with Crippen LogP contribution in [0.5, 0.6) is 0 Å². The molecule has 5 nitrogen and oxygen atoms in total. The number of aromatic nitrogens is 2. The average Bonchev–Trinajstić information content (AvgIpc) is 2.95. The molecule has 4 aromatic rings. The van der Waals surface area contributed by atoms with Crippen LogP contribution < -0.4 is 10.9 Å². The molecule has 0 bridgehead atoms. The van der Waals surface area contributed by atoms with Gasteiger partial charge in [-0.1, -0.05) is 40.6 Å². The van der Waals surface area contributed by atoms with Crippen molar-refractivity contribution in [3.8, 4) is 0 Å². The molecule has 0 atom stereocenters. The van der Waals surface area contributed by atoms with Gasteiger partial charge in [-0.3, -0.25) is 9.59 Å². The molecule has 0 fully saturated rings. The fraction of sp³-hybridized carbons (Fsp3) is 0.0556. The van der Waals surface area contributed by atoms with Gasteiger partial charge < -0.3 is 5.32 Å². The predicted octanol–water partition coefficient (Wildman–Crippen LogP) is 4.12. The van der Waals surface area contributed by atoms with Crippen molar-refractivity contribution in [2.45, 2.75) is 6.92 Å². The van der Waals surface area contributed by atoms with Crippen LogP contribution in [0, 0.1) is 6.92 Å². The molecule has 2 aromatic heterocycles. The molecule has 0 spiro atoms. The van der Waals surface area contributed by atoms with Crippen LogP contribution in [0.2, 0.25) is 5.02 Å². The quantitative estimate of drug-likeness (QED) is 0.578. The van der Waals surface area contributed by atoms with E-state index in [1.165, 1.54) is 21.9 Å². The highest BCUT2D eigenvalue weighted by Gasteiger charge is 2.14. The van der Waals surface area contributed by atoms with E-state index in [9.17, 15) is 9.59 Å². The third-order valence-electron chi connectivity index (χ3n) is 3.82. The topological polar surface area (TPSA) is 63.5 Å². The molecule has 25 heavy (non-hydrogen) atoms. The van der Waals surface area contributed by atoms with Gasteiger partial charge in [0.15, 0.2) is 4.96 Å². The maximum Gasteiger partial charge on any atom is 0.282 e. The summed E-state index contributed by atoms with van der Waals surface area (Å²) in [5.74, 6) is -0.342. The molecule has 0 saturated heterocycles. The molecule has 0 aliphatic carbocycles. The second-order valence-corrected chi connectivity index (χ2v) is 7.08. The van der Waals surface area contributed by atoms with Gasteiger partial charge in [0.05, 0.1) is 16.4 Å². The van der Waals surface area contributed by atoms with Crippen molar-refractivity contribution in [2.24, 2.45) is 0 Å². The number of hydrogen-bond acceptors (Lipinski definition) is 4. The Labute approximate surface area is 151 Å². The highest BCUT2D eigenvalue weighted by Crippen LogP contribution is 2.27. The molecule has 2 aromatic carbocycles. The summed E-state index contributed by atoms with van der Waals surface area (Å²) in [5, 5.41) is 3.25. The second kappa shape index (κ2) is 5.98. The van der Waals surface area contributed by atoms with E-state index in [0.717, 1.165) is 10.3 Å². The predicted molar refractivity (Wildman–Crippen MR) is 101 cm³/mol. The van der Waals surface area contributed by atoms with Gasteiger partial charge >= 0.3 is 0 Å². The lowest BCUT2D eigenvalue weighted by atomic mass is 10.1. The Morgan fingerprint density at radius 3 is 2.88 bits per heavy atom. The minimum atomic E-state index is -0.342. The first kappa shape index (κ1) is 15.8. The van der Waals surface area contributed by atoms with Gasteiger partial charge in [-0.05, 0) is 37.3 Å². The maximum absolute atomic E-state index is 12.8. The molecule has 7 heteroatoms. The number of fused-ring (bicyclic) bond motifs is 3. The van der Waals surface area contributed by atoms with Gasteiger partial charge in [0.2, 0.25) is 0 Å². The Morgan fingerprint density at radius 1 is 1.24 bits per heavy atom. The summed E-state index contributed by atoms with van der Waals surface area (Å²) >= 11 is 7.38. The summed E-state index contributed by atoms with van der Waals surface area (Å²) in [6, 6.07) is 12.5. The average molecular weight is 370 g/mol. The van der Waals surface area contributed by atoms with Crippen LogP contribution in [0.1, 0.15) is 15.9 Å². The van der Waals surface area contributed by atoms with E-state index in [1.807, 2.05) is 13.0 Å². The molecule has 1 N–H and O–H groups in total. The first-order chi connectivity index (χ1) is 12.0. The molecule has 0 saturated carbocycles. The molecule has 4 rings (SSSR count). The van der Waals surface area contributed by atoms with Crippen molar-refractivity contribution < 1.29 is 4.79 Å². The molecular formula is C18H12ClN3O2S. The van der Waals surface area contributed by atoms with Crippen molar-refractivity contribution >= 4 is 49.7 Å². The van der Waals surface area contributed by atoms with Crippen LogP contribution >= 0.6 is 22.9 Å². The number of amides is 1. The number of benzene rings is 2. The zero-order valence-electron chi connectivity index (χ0n) is 13.1. The molecular weight excluding hydrogens is 358 g/mol. The van der Waals surface area contributed by atoms with Crippen molar-refractivity contribution in [3.63, 3.8) is 0 Å². The summed E-state index contributed by atoms with van der Waals surface area (Å²) in [7, 11) is 0. The lowest BCUT2D eigenvalue weighted by molar-refractivity contribution is 0.102. The molecule has 0 radical (unpaired) electrons. The first-order valence-electron chi connectivity index (χ1n) is 7.51. The van der Waals surface area contributed by atoms with Crippen LogP contribution in [0.25, 0.3) is 15.2 Å². The Balaban J connectivity index is 1.80. The SMILES string of the molecule is Cc1cccc(C(=O)Nc2cnc3sc4cc(Cl)ccc4n3c2=O)c1. The summed E-state index contributed by atoms with van der Waals surface area (Å²) in [5.41, 5.74) is 2.00. The fourth-order valence-corrected chi connectivity index (χ4v) is 3.91. The largest absolute Gasteiger partial charge is 0.316 e. The lowest BCUT2D eigenvalue weighted by Gasteiger charge is -2.05. The van der Waals surface area contributed by atoms with Crippen molar-refractivity contribution in [1.82, 2.24) is 9.38 Å². The van der Waals surface area contributed by atoms with E-state index in [4.69, 9.17) is 11.6 Å². The summed E-state index contributed by atoms with van der Waals surface area (Å²) in [4.78, 5) is 30.1. The molecule has 2 heterocycles. The van der Waals surface area contributed by atoms with Gasteiger partial charge in [0.25, 0.3) is 11.5 Å². The Morgan fingerprint density at radius 2 is 2.08 bits per heavy atom. The van der Waals surface area contributed by atoms with Gasteiger partial charge in [0, 0.05) is 10.6 Å². The minimum Gasteiger partial charge on any atom is -0.316 e. The van der Waals surface area contributed by atoms with Gasteiger partial charge in [-0.2, -0.15) is 0 Å². The zero-order valence-corrected chi connectivity index (χ0v) is 14.7. The normalized spacial score (nSPS) is 11.1. The molecule has 1 amide bonds. The Hall–Kier alpha value is -2.70. The summed E-state index contributed by atoms with van der Waals surface area (Å²) < 4.78 is 2.35. The third-order valence-corrected chi connectivity index (χ3v) is 5.07. The smallest absolute Gasteiger partial charge is 0.282 e. The molecule has 124 valence electrons. The number of nitrogens with one attached hydrogen (secondary N) is 1. The second-order valence-electron chi connectivity index (χ2n) is 5.63. The number of aryl methyl sites for hydroxylation is 1. The number of anilines is 1. The van der Waals surface area contributed by atoms with Gasteiger partial charge in [0.1, 0.15) is 5.69 Å². The molecule has 0 aliphatic heterocycles. The highest BCUT2D eigenvalue weighted by atomic mass is 35.5. The first-order valence-corrected chi connectivity index (χ1v) is 8.70. The monoisotopic (exact) mass is 369 g/mol. The van der Waals surface area contributed by atoms with Crippen molar-refractivity contribution in [1.29, 1.82) is 0 Å². The lowest BCUT2D eigenvalue weighted by Crippen LogP contribution is -2.22. The van der Waals surface area contributed by atoms with E-state index in [0.29, 0.717) is 21.1 Å².